The Morgan fingerprint density at radius 2 is 1.21 bits per heavy atom. The first kappa shape index (κ1) is 26.9. The van der Waals surface area contributed by atoms with Crippen molar-refractivity contribution in [2.45, 2.75) is 0 Å². The molecule has 0 amide bonds. The molecule has 0 spiro atoms. The number of furan rings is 1. The van der Waals surface area contributed by atoms with Gasteiger partial charge in [-0.25, -0.2) is 15.0 Å². The molecule has 0 aliphatic heterocycles. The molecule has 0 bridgehead atoms. The van der Waals surface area contributed by atoms with Crippen LogP contribution in [-0.4, -0.2) is 19.9 Å². The number of fused-ring (bicyclic) bond motifs is 7. The molecule has 10 aromatic rings. The van der Waals surface area contributed by atoms with Gasteiger partial charge in [-0.3, -0.25) is 4.98 Å². The molecule has 5 nitrogen and oxygen atoms in total. The lowest BCUT2D eigenvalue weighted by atomic mass is 10.0. The Morgan fingerprint density at radius 1 is 0.479 bits per heavy atom. The third-order valence-corrected chi connectivity index (χ3v) is 10.2. The predicted octanol–water partition coefficient (Wildman–Crippen LogP) is 11.4. The fourth-order valence-electron chi connectivity index (χ4n) is 6.75. The molecule has 6 heteroatoms. The highest BCUT2D eigenvalue weighted by atomic mass is 32.1. The highest BCUT2D eigenvalue weighted by molar-refractivity contribution is 7.26. The lowest BCUT2D eigenvalue weighted by molar-refractivity contribution is 0.669. The van der Waals surface area contributed by atoms with Crippen molar-refractivity contribution in [3.8, 4) is 45.3 Å². The molecule has 48 heavy (non-hydrogen) atoms. The van der Waals surface area contributed by atoms with Gasteiger partial charge in [0.05, 0.1) is 0 Å². The Hall–Kier alpha value is -6.24. The SMILES string of the molecule is c1ccc(-c2nc(-c3cccc4c3sc3ccccc34)nc(-c3cccc4oc5c(-c6ccc7ccccc7c6)cncc5c34)n2)cc1. The highest BCUT2D eigenvalue weighted by Gasteiger charge is 2.21. The Labute approximate surface area is 278 Å². The summed E-state index contributed by atoms with van der Waals surface area (Å²) >= 11 is 1.77. The quantitative estimate of drug-likeness (QED) is 0.193. The van der Waals surface area contributed by atoms with Gasteiger partial charge in [-0.2, -0.15) is 0 Å². The number of pyridine rings is 1. The maximum atomic E-state index is 6.62. The lowest BCUT2D eigenvalue weighted by Gasteiger charge is -2.10. The molecule has 0 aliphatic carbocycles. The summed E-state index contributed by atoms with van der Waals surface area (Å²) in [4.78, 5) is 20.1. The summed E-state index contributed by atoms with van der Waals surface area (Å²) in [6.07, 6.45) is 3.77. The summed E-state index contributed by atoms with van der Waals surface area (Å²) in [5.74, 6) is 1.84. The lowest BCUT2D eigenvalue weighted by Crippen LogP contribution is -2.00. The van der Waals surface area contributed by atoms with Crippen LogP contribution in [0.15, 0.2) is 150 Å². The van der Waals surface area contributed by atoms with E-state index in [4.69, 9.17) is 24.4 Å². The zero-order valence-electron chi connectivity index (χ0n) is 25.5. The predicted molar refractivity (Wildman–Crippen MR) is 197 cm³/mol. The standard InChI is InChI=1S/C42H24N4OS/c1-2-11-26(12-3-1)40-44-41(46-42(45-40)32-17-8-15-30-29-14-6-7-19-36(29)48-39(30)32)31-16-9-18-35-37(31)34-24-43-23-33(38(34)47-35)28-21-20-25-10-4-5-13-27(25)22-28/h1-24H. The average Bonchev–Trinajstić information content (AvgIpc) is 3.73. The van der Waals surface area contributed by atoms with Crippen LogP contribution in [0.1, 0.15) is 0 Å². The Morgan fingerprint density at radius 3 is 2.12 bits per heavy atom. The van der Waals surface area contributed by atoms with E-state index in [2.05, 4.69) is 91.0 Å². The van der Waals surface area contributed by atoms with Crippen LogP contribution in [-0.2, 0) is 0 Å². The van der Waals surface area contributed by atoms with Crippen LogP contribution in [0.3, 0.4) is 0 Å². The minimum absolute atomic E-state index is 0.585. The maximum Gasteiger partial charge on any atom is 0.165 e. The van der Waals surface area contributed by atoms with E-state index in [-0.39, 0.29) is 0 Å². The van der Waals surface area contributed by atoms with Gasteiger partial charge in [0.15, 0.2) is 17.5 Å². The Kier molecular flexibility index (Phi) is 5.98. The molecule has 224 valence electrons. The van der Waals surface area contributed by atoms with Crippen molar-refractivity contribution < 1.29 is 4.42 Å². The molecular weight excluding hydrogens is 609 g/mol. The molecule has 4 heterocycles. The number of nitrogens with zero attached hydrogens (tertiary/aromatic N) is 4. The van der Waals surface area contributed by atoms with Crippen molar-refractivity contribution in [3.05, 3.63) is 146 Å². The minimum Gasteiger partial charge on any atom is -0.455 e. The Balaban J connectivity index is 1.22. The molecule has 10 rings (SSSR count). The molecule has 6 aromatic carbocycles. The molecule has 0 saturated heterocycles. The second-order valence-electron chi connectivity index (χ2n) is 11.9. The van der Waals surface area contributed by atoms with E-state index in [1.807, 2.05) is 54.9 Å². The number of benzene rings is 6. The largest absolute Gasteiger partial charge is 0.455 e. The second-order valence-corrected chi connectivity index (χ2v) is 12.9. The summed E-state index contributed by atoms with van der Waals surface area (Å²) in [6.45, 7) is 0. The van der Waals surface area contributed by atoms with Crippen molar-refractivity contribution in [1.29, 1.82) is 0 Å². The molecule has 4 aromatic heterocycles. The topological polar surface area (TPSA) is 64.7 Å². The molecule has 0 fully saturated rings. The second kappa shape index (κ2) is 10.7. The first-order chi connectivity index (χ1) is 23.8. The zero-order valence-corrected chi connectivity index (χ0v) is 26.3. The molecule has 0 atom stereocenters. The number of thiophene rings is 1. The van der Waals surface area contributed by atoms with E-state index >= 15 is 0 Å². The van der Waals surface area contributed by atoms with Crippen molar-refractivity contribution in [2.24, 2.45) is 0 Å². The van der Waals surface area contributed by atoms with Crippen LogP contribution in [0.2, 0.25) is 0 Å². The van der Waals surface area contributed by atoms with E-state index in [1.54, 1.807) is 11.3 Å². The van der Waals surface area contributed by atoms with Crippen LogP contribution in [0.25, 0.3) is 98.2 Å². The van der Waals surface area contributed by atoms with Gasteiger partial charge in [0.25, 0.3) is 0 Å². The van der Waals surface area contributed by atoms with Gasteiger partial charge in [0.2, 0.25) is 0 Å². The fraction of sp³-hybridized carbons (Fsp3) is 0. The van der Waals surface area contributed by atoms with Gasteiger partial charge in [-0.05, 0) is 40.6 Å². The summed E-state index contributed by atoms with van der Waals surface area (Å²) in [5.41, 5.74) is 6.32. The van der Waals surface area contributed by atoms with Crippen molar-refractivity contribution in [3.63, 3.8) is 0 Å². The monoisotopic (exact) mass is 632 g/mol. The normalized spacial score (nSPS) is 11.8. The first-order valence-corrected chi connectivity index (χ1v) is 16.6. The summed E-state index contributed by atoms with van der Waals surface area (Å²) in [6, 6.07) is 45.9. The Bertz CT molecular complexity index is 2860. The smallest absolute Gasteiger partial charge is 0.165 e. The number of aromatic nitrogens is 4. The first-order valence-electron chi connectivity index (χ1n) is 15.8. The maximum absolute atomic E-state index is 6.62. The van der Waals surface area contributed by atoms with Gasteiger partial charge in [-0.1, -0.05) is 109 Å². The number of rotatable bonds is 4. The van der Waals surface area contributed by atoms with Gasteiger partial charge in [0, 0.05) is 65.6 Å². The van der Waals surface area contributed by atoms with Crippen LogP contribution in [0, 0.1) is 0 Å². The van der Waals surface area contributed by atoms with Crippen LogP contribution < -0.4 is 0 Å². The van der Waals surface area contributed by atoms with Crippen LogP contribution >= 0.6 is 11.3 Å². The van der Waals surface area contributed by atoms with Crippen molar-refractivity contribution in [2.75, 3.05) is 0 Å². The van der Waals surface area contributed by atoms with Gasteiger partial charge in [-0.15, -0.1) is 11.3 Å². The van der Waals surface area contributed by atoms with E-state index in [0.717, 1.165) is 54.5 Å². The summed E-state index contributed by atoms with van der Waals surface area (Å²) in [5, 5.41) is 6.65. The van der Waals surface area contributed by atoms with Gasteiger partial charge >= 0.3 is 0 Å². The molecule has 0 N–H and O–H groups in total. The van der Waals surface area contributed by atoms with E-state index in [1.165, 1.54) is 26.2 Å². The van der Waals surface area contributed by atoms with Gasteiger partial charge in [0.1, 0.15) is 11.2 Å². The van der Waals surface area contributed by atoms with E-state index < -0.39 is 0 Å². The van der Waals surface area contributed by atoms with Gasteiger partial charge < -0.3 is 4.42 Å². The summed E-state index contributed by atoms with van der Waals surface area (Å²) < 4.78 is 9.02. The third-order valence-electron chi connectivity index (χ3n) is 9.02. The molecule has 0 aliphatic rings. The highest BCUT2D eigenvalue weighted by Crippen LogP contribution is 2.42. The van der Waals surface area contributed by atoms with E-state index in [9.17, 15) is 0 Å². The summed E-state index contributed by atoms with van der Waals surface area (Å²) in [7, 11) is 0. The van der Waals surface area contributed by atoms with Crippen molar-refractivity contribution >= 4 is 64.2 Å². The minimum atomic E-state index is 0.585. The molecule has 0 radical (unpaired) electrons. The van der Waals surface area contributed by atoms with Crippen LogP contribution in [0.5, 0.6) is 0 Å². The fourth-order valence-corrected chi connectivity index (χ4v) is 7.96. The van der Waals surface area contributed by atoms with Crippen LogP contribution in [0.4, 0.5) is 0 Å². The number of hydrogen-bond acceptors (Lipinski definition) is 6. The zero-order chi connectivity index (χ0) is 31.6. The van der Waals surface area contributed by atoms with E-state index in [0.29, 0.717) is 17.5 Å². The van der Waals surface area contributed by atoms with Crippen molar-refractivity contribution in [1.82, 2.24) is 19.9 Å². The molecule has 0 unspecified atom stereocenters. The third kappa shape index (κ3) is 4.24. The average molecular weight is 633 g/mol. The molecular formula is C42H24N4OS. The molecule has 0 saturated carbocycles. The number of hydrogen-bond donors (Lipinski definition) is 0.